The minimum Gasteiger partial charge on any atom is -0.381 e. The van der Waals surface area contributed by atoms with Crippen molar-refractivity contribution in [2.75, 3.05) is 45.9 Å². The molecule has 204 valence electrons. The first-order valence-electron chi connectivity index (χ1n) is 14.0. The number of hydrogen-bond acceptors (Lipinski definition) is 6. The molecular weight excluding hydrogens is 492 g/mol. The van der Waals surface area contributed by atoms with Crippen LogP contribution in [0, 0.1) is 24.7 Å². The third-order valence-electron chi connectivity index (χ3n) is 8.37. The average molecular weight is 529 g/mol. The predicted octanol–water partition coefficient (Wildman–Crippen LogP) is 2.86. The molecule has 3 aliphatic rings. The Bertz CT molecular complexity index is 1280. The summed E-state index contributed by atoms with van der Waals surface area (Å²) in [6, 6.07) is 19.9. The second kappa shape index (κ2) is 11.3. The van der Waals surface area contributed by atoms with E-state index in [0.717, 1.165) is 56.8 Å². The second-order valence-electron chi connectivity index (χ2n) is 11.1. The topological polar surface area (TPSA) is 92.6 Å². The van der Waals surface area contributed by atoms with Crippen molar-refractivity contribution in [2.45, 2.75) is 25.8 Å². The molecule has 4 atom stereocenters. The Kier molecular flexibility index (Phi) is 7.43. The SMILES string of the molecule is Cc1nn(-c2ccccc2)nc1C(=O)N1CC2CN(CCC(NC(=O)C3CCOC3)c3ccccc3)C[C@H]2C1. The van der Waals surface area contributed by atoms with Gasteiger partial charge in [-0.15, -0.1) is 5.10 Å². The zero-order valence-corrected chi connectivity index (χ0v) is 22.4. The number of ether oxygens (including phenoxy) is 1. The van der Waals surface area contributed by atoms with Crippen molar-refractivity contribution >= 4 is 11.8 Å². The monoisotopic (exact) mass is 528 g/mol. The molecule has 9 heteroatoms. The van der Waals surface area contributed by atoms with Crippen molar-refractivity contribution in [3.05, 3.63) is 77.6 Å². The molecule has 3 saturated heterocycles. The molecule has 1 aromatic heterocycles. The van der Waals surface area contributed by atoms with Crippen LogP contribution < -0.4 is 5.32 Å². The average Bonchev–Trinajstić information content (AvgIpc) is 3.76. The van der Waals surface area contributed by atoms with E-state index in [4.69, 9.17) is 4.74 Å². The highest BCUT2D eigenvalue weighted by atomic mass is 16.5. The highest BCUT2D eigenvalue weighted by Gasteiger charge is 2.42. The highest BCUT2D eigenvalue weighted by molar-refractivity contribution is 5.93. The smallest absolute Gasteiger partial charge is 0.276 e. The molecule has 39 heavy (non-hydrogen) atoms. The van der Waals surface area contributed by atoms with Gasteiger partial charge in [-0.2, -0.15) is 9.90 Å². The summed E-state index contributed by atoms with van der Waals surface area (Å²) in [6.07, 6.45) is 1.65. The summed E-state index contributed by atoms with van der Waals surface area (Å²) in [4.78, 5) is 32.2. The molecule has 3 fully saturated rings. The van der Waals surface area contributed by atoms with Gasteiger partial charge in [-0.25, -0.2) is 0 Å². The van der Waals surface area contributed by atoms with Gasteiger partial charge in [0.05, 0.1) is 29.9 Å². The number of carbonyl (C=O) groups is 2. The molecule has 0 bridgehead atoms. The Morgan fingerprint density at radius 3 is 2.33 bits per heavy atom. The van der Waals surface area contributed by atoms with Crippen LogP contribution >= 0.6 is 0 Å². The molecule has 3 aliphatic heterocycles. The third kappa shape index (κ3) is 5.60. The van der Waals surface area contributed by atoms with Crippen molar-refractivity contribution in [3.63, 3.8) is 0 Å². The maximum atomic E-state index is 13.4. The number of aryl methyl sites for hydroxylation is 1. The van der Waals surface area contributed by atoms with Crippen LogP contribution in [0.2, 0.25) is 0 Å². The fourth-order valence-corrected chi connectivity index (χ4v) is 6.19. The largest absolute Gasteiger partial charge is 0.381 e. The van der Waals surface area contributed by atoms with Crippen molar-refractivity contribution in [2.24, 2.45) is 17.8 Å². The van der Waals surface area contributed by atoms with Crippen LogP contribution in [0.25, 0.3) is 5.69 Å². The lowest BCUT2D eigenvalue weighted by Crippen LogP contribution is -2.37. The van der Waals surface area contributed by atoms with E-state index in [1.54, 1.807) is 4.80 Å². The van der Waals surface area contributed by atoms with Crippen LogP contribution in [0.1, 0.15) is 40.6 Å². The van der Waals surface area contributed by atoms with Gasteiger partial charge >= 0.3 is 0 Å². The lowest BCUT2D eigenvalue weighted by molar-refractivity contribution is -0.125. The van der Waals surface area contributed by atoms with Gasteiger partial charge in [0.25, 0.3) is 5.91 Å². The number of fused-ring (bicyclic) bond motifs is 1. The van der Waals surface area contributed by atoms with Crippen molar-refractivity contribution in [3.8, 4) is 5.69 Å². The Balaban J connectivity index is 1.04. The predicted molar refractivity (Wildman–Crippen MR) is 146 cm³/mol. The summed E-state index contributed by atoms with van der Waals surface area (Å²) in [5.74, 6) is 0.924. The lowest BCUT2D eigenvalue weighted by Gasteiger charge is -2.25. The summed E-state index contributed by atoms with van der Waals surface area (Å²) in [7, 11) is 0. The first-order valence-corrected chi connectivity index (χ1v) is 14.0. The Morgan fingerprint density at radius 1 is 0.974 bits per heavy atom. The number of amides is 2. The van der Waals surface area contributed by atoms with E-state index >= 15 is 0 Å². The molecule has 0 spiro atoms. The maximum Gasteiger partial charge on any atom is 0.276 e. The molecule has 0 radical (unpaired) electrons. The Morgan fingerprint density at radius 2 is 1.67 bits per heavy atom. The number of nitrogens with one attached hydrogen (secondary N) is 1. The molecule has 6 rings (SSSR count). The van der Waals surface area contributed by atoms with Gasteiger partial charge in [-0.1, -0.05) is 48.5 Å². The molecule has 3 unspecified atom stereocenters. The van der Waals surface area contributed by atoms with E-state index in [1.807, 2.05) is 60.4 Å². The number of carbonyl (C=O) groups excluding carboxylic acids is 2. The molecule has 2 amide bonds. The van der Waals surface area contributed by atoms with Gasteiger partial charge in [-0.05, 0) is 49.3 Å². The van der Waals surface area contributed by atoms with Crippen LogP contribution in [0.5, 0.6) is 0 Å². The van der Waals surface area contributed by atoms with Crippen molar-refractivity contribution in [1.82, 2.24) is 30.1 Å². The molecule has 2 aromatic carbocycles. The van der Waals surface area contributed by atoms with Crippen LogP contribution in [-0.4, -0.2) is 82.5 Å². The lowest BCUT2D eigenvalue weighted by atomic mass is 10.0. The molecule has 9 nitrogen and oxygen atoms in total. The number of para-hydroxylation sites is 1. The minimum atomic E-state index is -0.0520. The van der Waals surface area contributed by atoms with Crippen LogP contribution in [0.4, 0.5) is 0 Å². The first kappa shape index (κ1) is 25.7. The van der Waals surface area contributed by atoms with Gasteiger partial charge in [0, 0.05) is 39.3 Å². The van der Waals surface area contributed by atoms with Crippen LogP contribution in [-0.2, 0) is 9.53 Å². The van der Waals surface area contributed by atoms with E-state index in [1.165, 1.54) is 0 Å². The zero-order valence-electron chi connectivity index (χ0n) is 22.4. The van der Waals surface area contributed by atoms with Crippen molar-refractivity contribution in [1.29, 1.82) is 0 Å². The number of rotatable bonds is 8. The van der Waals surface area contributed by atoms with Crippen LogP contribution in [0.3, 0.4) is 0 Å². The Hall–Kier alpha value is -3.56. The fourth-order valence-electron chi connectivity index (χ4n) is 6.19. The normalized spacial score (nSPS) is 23.6. The molecule has 0 aliphatic carbocycles. The zero-order chi connectivity index (χ0) is 26.8. The highest BCUT2D eigenvalue weighted by Crippen LogP contribution is 2.33. The number of likely N-dealkylation sites (tertiary alicyclic amines) is 2. The fraction of sp³-hybridized carbons (Fsp3) is 0.467. The summed E-state index contributed by atoms with van der Waals surface area (Å²) in [6.45, 7) is 7.37. The van der Waals surface area contributed by atoms with Gasteiger partial charge in [-0.3, -0.25) is 9.59 Å². The molecular formula is C30H36N6O3. The van der Waals surface area contributed by atoms with E-state index in [-0.39, 0.29) is 23.8 Å². The number of benzene rings is 2. The minimum absolute atomic E-state index is 0.0204. The van der Waals surface area contributed by atoms with Gasteiger partial charge in [0.2, 0.25) is 5.91 Å². The summed E-state index contributed by atoms with van der Waals surface area (Å²) < 4.78 is 5.43. The summed E-state index contributed by atoms with van der Waals surface area (Å²) >= 11 is 0. The van der Waals surface area contributed by atoms with Gasteiger partial charge in [0.15, 0.2) is 5.69 Å². The van der Waals surface area contributed by atoms with E-state index < -0.39 is 0 Å². The molecule has 3 aromatic rings. The third-order valence-corrected chi connectivity index (χ3v) is 8.37. The standard InChI is InChI=1S/C30H36N6O3/c1-21-28(33-36(32-21)26-10-6-3-7-11-26)30(38)35-18-24-16-34(17-25(24)19-35)14-12-27(22-8-4-2-5-9-22)31-29(37)23-13-15-39-20-23/h2-11,23-25,27H,12-20H2,1H3,(H,31,37)/t23?,24-,25?,27?/m0/s1. The second-order valence-corrected chi connectivity index (χ2v) is 11.1. The van der Waals surface area contributed by atoms with E-state index in [9.17, 15) is 9.59 Å². The summed E-state index contributed by atoms with van der Waals surface area (Å²) in [5, 5.41) is 12.3. The molecule has 1 N–H and O–H groups in total. The van der Waals surface area contributed by atoms with Crippen molar-refractivity contribution < 1.29 is 14.3 Å². The summed E-state index contributed by atoms with van der Waals surface area (Å²) in [5.41, 5.74) is 3.07. The molecule has 4 heterocycles. The van der Waals surface area contributed by atoms with E-state index in [0.29, 0.717) is 36.4 Å². The molecule has 0 saturated carbocycles. The van der Waals surface area contributed by atoms with Gasteiger partial charge < -0.3 is 19.9 Å². The number of hydrogen-bond donors (Lipinski definition) is 1. The van der Waals surface area contributed by atoms with Crippen LogP contribution in [0.15, 0.2) is 60.7 Å². The maximum absolute atomic E-state index is 13.4. The van der Waals surface area contributed by atoms with E-state index in [2.05, 4.69) is 32.5 Å². The number of nitrogens with zero attached hydrogens (tertiary/aromatic N) is 5. The first-order chi connectivity index (χ1) is 19.0. The quantitative estimate of drug-likeness (QED) is 0.484. The Labute approximate surface area is 229 Å². The van der Waals surface area contributed by atoms with Gasteiger partial charge in [0.1, 0.15) is 0 Å². The number of aromatic nitrogens is 3.